The van der Waals surface area contributed by atoms with Gasteiger partial charge in [-0.2, -0.15) is 0 Å². The lowest BCUT2D eigenvalue weighted by atomic mass is 9.89. The maximum absolute atomic E-state index is 14.3. The van der Waals surface area contributed by atoms with Crippen molar-refractivity contribution >= 4 is 46.0 Å². The molecule has 8 heteroatoms. The van der Waals surface area contributed by atoms with Crippen LogP contribution in [0.3, 0.4) is 0 Å². The van der Waals surface area contributed by atoms with Crippen LogP contribution >= 0.6 is 11.6 Å². The van der Waals surface area contributed by atoms with Gasteiger partial charge in [0.05, 0.1) is 11.3 Å². The zero-order valence-corrected chi connectivity index (χ0v) is 23.6. The van der Waals surface area contributed by atoms with Gasteiger partial charge in [0.2, 0.25) is 0 Å². The van der Waals surface area contributed by atoms with Gasteiger partial charge in [0.1, 0.15) is 12.1 Å². The van der Waals surface area contributed by atoms with Gasteiger partial charge in [-0.1, -0.05) is 83.9 Å². The highest BCUT2D eigenvalue weighted by Crippen LogP contribution is 2.45. The van der Waals surface area contributed by atoms with Crippen molar-refractivity contribution in [1.82, 2.24) is 15.2 Å². The van der Waals surface area contributed by atoms with Crippen molar-refractivity contribution in [2.75, 3.05) is 4.90 Å². The van der Waals surface area contributed by atoms with Gasteiger partial charge in [-0.15, -0.1) is 0 Å². The topological polar surface area (TPSA) is 85.5 Å². The second-order valence-corrected chi connectivity index (χ2v) is 11.2. The zero-order valence-electron chi connectivity index (χ0n) is 22.8. The number of anilines is 1. The molecule has 3 heterocycles. The number of H-pyrrole nitrogens is 1. The van der Waals surface area contributed by atoms with E-state index in [2.05, 4.69) is 10.3 Å². The summed E-state index contributed by atoms with van der Waals surface area (Å²) in [7, 11) is 0. The van der Waals surface area contributed by atoms with E-state index >= 15 is 0 Å². The summed E-state index contributed by atoms with van der Waals surface area (Å²) < 4.78 is 0. The molecule has 0 spiro atoms. The monoisotopic (exact) mass is 574 g/mol. The Morgan fingerprint density at radius 1 is 0.952 bits per heavy atom. The van der Waals surface area contributed by atoms with E-state index in [1.54, 1.807) is 35.2 Å². The maximum Gasteiger partial charge on any atom is 0.332 e. The van der Waals surface area contributed by atoms with Crippen LogP contribution in [0.2, 0.25) is 5.02 Å². The van der Waals surface area contributed by atoms with E-state index in [1.807, 2.05) is 73.7 Å². The van der Waals surface area contributed by atoms with E-state index in [9.17, 15) is 14.4 Å². The minimum absolute atomic E-state index is 0.259. The van der Waals surface area contributed by atoms with Crippen LogP contribution in [0.1, 0.15) is 44.3 Å². The van der Waals surface area contributed by atoms with Crippen LogP contribution in [0.4, 0.5) is 10.5 Å². The fraction of sp³-hybridized carbons (Fsp3) is 0.147. The van der Waals surface area contributed by atoms with Crippen molar-refractivity contribution in [3.63, 3.8) is 0 Å². The number of hydrogen-bond acceptors (Lipinski definition) is 3. The molecule has 1 saturated heterocycles. The fourth-order valence-corrected chi connectivity index (χ4v) is 6.36. The lowest BCUT2D eigenvalue weighted by Crippen LogP contribution is -2.44. The van der Waals surface area contributed by atoms with E-state index in [4.69, 9.17) is 11.6 Å². The quantitative estimate of drug-likeness (QED) is 0.234. The number of nitrogens with zero attached hydrogens (tertiary/aromatic N) is 2. The molecule has 2 atom stereocenters. The number of halogens is 1. The van der Waals surface area contributed by atoms with Crippen LogP contribution in [0.5, 0.6) is 0 Å². The Morgan fingerprint density at radius 3 is 2.52 bits per heavy atom. The minimum atomic E-state index is -0.739. The van der Waals surface area contributed by atoms with Gasteiger partial charge in [0, 0.05) is 34.6 Å². The highest BCUT2D eigenvalue weighted by atomic mass is 35.5. The van der Waals surface area contributed by atoms with Crippen LogP contribution in [-0.2, 0) is 17.8 Å². The van der Waals surface area contributed by atoms with Crippen molar-refractivity contribution in [3.8, 4) is 0 Å². The number of nitrogens with one attached hydrogen (secondary N) is 2. The average Bonchev–Trinajstić information content (AvgIpc) is 3.49. The number of aromatic amines is 1. The van der Waals surface area contributed by atoms with Crippen molar-refractivity contribution in [2.45, 2.75) is 32.0 Å². The lowest BCUT2D eigenvalue weighted by molar-refractivity contribution is -0.120. The summed E-state index contributed by atoms with van der Waals surface area (Å²) in [5.41, 5.74) is 6.22. The number of aromatic nitrogens is 1. The number of hydrogen-bond donors (Lipinski definition) is 2. The van der Waals surface area contributed by atoms with Crippen molar-refractivity contribution in [1.29, 1.82) is 0 Å². The van der Waals surface area contributed by atoms with Crippen LogP contribution < -0.4 is 10.2 Å². The van der Waals surface area contributed by atoms with E-state index in [0.717, 1.165) is 43.8 Å². The second-order valence-electron chi connectivity index (χ2n) is 10.8. The number of carbonyl (C=O) groups is 3. The summed E-state index contributed by atoms with van der Waals surface area (Å²) in [5.74, 6) is -0.721. The molecule has 42 heavy (non-hydrogen) atoms. The second kappa shape index (κ2) is 10.2. The predicted octanol–water partition coefficient (Wildman–Crippen LogP) is 6.54. The van der Waals surface area contributed by atoms with Crippen molar-refractivity contribution in [3.05, 3.63) is 136 Å². The number of benzene rings is 4. The SMILES string of the molecule is Cc1ccc(CNC(=O)c2ccccc2N2C(=O)C3Cc4c([nH]c5ccccc45)C(c4cccc(Cl)c4)N3C2=O)cc1. The number of aryl methyl sites for hydroxylation is 1. The Hall–Kier alpha value is -4.88. The van der Waals surface area contributed by atoms with Crippen LogP contribution in [0.15, 0.2) is 97.1 Å². The van der Waals surface area contributed by atoms with Crippen LogP contribution in [0, 0.1) is 6.92 Å². The van der Waals surface area contributed by atoms with Gasteiger partial charge in [-0.3, -0.25) is 14.5 Å². The highest BCUT2D eigenvalue weighted by molar-refractivity contribution is 6.30. The number of rotatable bonds is 5. The molecule has 1 aromatic heterocycles. The van der Waals surface area contributed by atoms with Crippen molar-refractivity contribution < 1.29 is 14.4 Å². The molecule has 2 aliphatic rings. The van der Waals surface area contributed by atoms with Gasteiger partial charge in [-0.25, -0.2) is 9.69 Å². The maximum atomic E-state index is 14.3. The number of para-hydroxylation sites is 2. The Kier molecular flexibility index (Phi) is 6.32. The molecule has 1 fully saturated rings. The first-order valence-corrected chi connectivity index (χ1v) is 14.2. The third-order valence-corrected chi connectivity index (χ3v) is 8.41. The van der Waals surface area contributed by atoms with E-state index in [1.165, 1.54) is 0 Å². The Balaban J connectivity index is 1.27. The normalized spacial score (nSPS) is 17.9. The molecule has 7 rings (SSSR count). The van der Waals surface area contributed by atoms with Crippen LogP contribution in [0.25, 0.3) is 10.9 Å². The third-order valence-electron chi connectivity index (χ3n) is 8.18. The van der Waals surface area contributed by atoms with Gasteiger partial charge in [-0.05, 0) is 53.9 Å². The molecule has 0 aliphatic carbocycles. The Labute approximate surface area is 247 Å². The van der Waals surface area contributed by atoms with E-state index in [0.29, 0.717) is 18.0 Å². The molecule has 208 valence electrons. The number of amides is 4. The summed E-state index contributed by atoms with van der Waals surface area (Å²) >= 11 is 6.40. The number of imide groups is 1. The standard InChI is InChI=1S/C34H27ClN4O3/c1-20-13-15-21(16-14-20)19-36-32(40)25-10-3-5-12-28(25)39-33(41)29-18-26-24-9-2-4-11-27(24)37-30(26)31(38(29)34(39)42)22-7-6-8-23(35)17-22/h2-17,29,31,37H,18-19H2,1H3,(H,36,40). The molecule has 4 amide bonds. The smallest absolute Gasteiger partial charge is 0.332 e. The van der Waals surface area contributed by atoms with Gasteiger partial charge in [0.15, 0.2) is 0 Å². The molecular formula is C34H27ClN4O3. The molecule has 0 saturated carbocycles. The molecule has 2 N–H and O–H groups in total. The van der Waals surface area contributed by atoms with Crippen molar-refractivity contribution in [2.24, 2.45) is 0 Å². The molecule has 0 bridgehead atoms. The first-order chi connectivity index (χ1) is 20.4. The Bertz CT molecular complexity index is 1880. The van der Waals surface area contributed by atoms with Gasteiger partial charge >= 0.3 is 6.03 Å². The average molecular weight is 575 g/mol. The van der Waals surface area contributed by atoms with E-state index in [-0.39, 0.29) is 23.1 Å². The van der Waals surface area contributed by atoms with Crippen LogP contribution in [-0.4, -0.2) is 33.8 Å². The molecule has 2 unspecified atom stereocenters. The summed E-state index contributed by atoms with van der Waals surface area (Å²) in [6.45, 7) is 2.33. The molecular weight excluding hydrogens is 548 g/mol. The minimum Gasteiger partial charge on any atom is -0.356 e. The molecule has 7 nitrogen and oxygen atoms in total. The first kappa shape index (κ1) is 26.0. The zero-order chi connectivity index (χ0) is 29.0. The highest BCUT2D eigenvalue weighted by Gasteiger charge is 2.53. The van der Waals surface area contributed by atoms with Gasteiger partial charge in [0.25, 0.3) is 11.8 Å². The molecule has 0 radical (unpaired) electrons. The summed E-state index contributed by atoms with van der Waals surface area (Å²) in [6.07, 6.45) is 0.360. The summed E-state index contributed by atoms with van der Waals surface area (Å²) in [5, 5.41) is 4.50. The third kappa shape index (κ3) is 4.25. The molecule has 5 aromatic rings. The fourth-order valence-electron chi connectivity index (χ4n) is 6.16. The summed E-state index contributed by atoms with van der Waals surface area (Å²) in [6, 6.07) is 28.2. The number of fused-ring (bicyclic) bond motifs is 4. The largest absolute Gasteiger partial charge is 0.356 e. The lowest BCUT2D eigenvalue weighted by Gasteiger charge is -2.36. The molecule has 2 aliphatic heterocycles. The van der Waals surface area contributed by atoms with Gasteiger partial charge < -0.3 is 10.3 Å². The molecule has 4 aromatic carbocycles. The predicted molar refractivity (Wildman–Crippen MR) is 163 cm³/mol. The van der Waals surface area contributed by atoms with E-state index < -0.39 is 18.1 Å². The Morgan fingerprint density at radius 2 is 1.71 bits per heavy atom. The number of carbonyl (C=O) groups excluding carboxylic acids is 3. The summed E-state index contributed by atoms with van der Waals surface area (Å²) in [4.78, 5) is 48.1. The first-order valence-electron chi connectivity index (χ1n) is 13.8. The number of urea groups is 1.